The topological polar surface area (TPSA) is 80.5 Å². The van der Waals surface area contributed by atoms with Crippen molar-refractivity contribution in [3.8, 4) is 0 Å². The summed E-state index contributed by atoms with van der Waals surface area (Å²) in [4.78, 5) is 10.2. The van der Waals surface area contributed by atoms with E-state index >= 15 is 0 Å². The lowest BCUT2D eigenvalue weighted by Gasteiger charge is -2.16. The molecule has 1 fully saturated rings. The minimum atomic E-state index is -3.61. The highest BCUT2D eigenvalue weighted by Gasteiger charge is 2.33. The Balaban J connectivity index is 1.79. The monoisotopic (exact) mass is 332 g/mol. The van der Waals surface area contributed by atoms with Crippen molar-refractivity contribution in [1.82, 2.24) is 4.31 Å². The Bertz CT molecular complexity index is 804. The molecule has 7 heteroatoms. The van der Waals surface area contributed by atoms with Crippen molar-refractivity contribution in [3.63, 3.8) is 0 Å². The molecular weight excluding hydrogens is 316 g/mol. The Morgan fingerprint density at radius 1 is 1.04 bits per heavy atom. The average Bonchev–Trinajstić information content (AvgIpc) is 3.06. The number of nitrogens with zero attached hydrogens (tertiary/aromatic N) is 2. The SMILES string of the molecule is O=[N+]([O-])c1ccc(S(=O)(=O)N2CCC(c3ccccc3)C2)cc1. The highest BCUT2D eigenvalue weighted by molar-refractivity contribution is 7.89. The molecule has 0 bridgehead atoms. The number of hydrogen-bond donors (Lipinski definition) is 0. The van der Waals surface area contributed by atoms with E-state index in [1.54, 1.807) is 0 Å². The van der Waals surface area contributed by atoms with E-state index in [0.717, 1.165) is 12.0 Å². The number of hydrogen-bond acceptors (Lipinski definition) is 4. The molecule has 0 saturated carbocycles. The maximum absolute atomic E-state index is 12.6. The molecule has 0 radical (unpaired) electrons. The molecule has 1 saturated heterocycles. The van der Waals surface area contributed by atoms with Gasteiger partial charge >= 0.3 is 0 Å². The van der Waals surface area contributed by atoms with Crippen LogP contribution in [-0.4, -0.2) is 30.7 Å². The van der Waals surface area contributed by atoms with Gasteiger partial charge in [-0.1, -0.05) is 30.3 Å². The van der Waals surface area contributed by atoms with Crippen LogP contribution in [0, 0.1) is 10.1 Å². The zero-order valence-electron chi connectivity index (χ0n) is 12.3. The van der Waals surface area contributed by atoms with Gasteiger partial charge in [-0.15, -0.1) is 0 Å². The van der Waals surface area contributed by atoms with Gasteiger partial charge in [-0.05, 0) is 30.0 Å². The van der Waals surface area contributed by atoms with Gasteiger partial charge in [0, 0.05) is 25.2 Å². The molecule has 2 aromatic rings. The first-order valence-corrected chi connectivity index (χ1v) is 8.72. The summed E-state index contributed by atoms with van der Waals surface area (Å²) >= 11 is 0. The number of rotatable bonds is 4. The summed E-state index contributed by atoms with van der Waals surface area (Å²) in [5.41, 5.74) is 1.02. The van der Waals surface area contributed by atoms with Crippen molar-refractivity contribution in [1.29, 1.82) is 0 Å². The van der Waals surface area contributed by atoms with E-state index in [2.05, 4.69) is 0 Å². The van der Waals surface area contributed by atoms with E-state index in [1.807, 2.05) is 30.3 Å². The first-order valence-electron chi connectivity index (χ1n) is 7.28. The smallest absolute Gasteiger partial charge is 0.258 e. The molecule has 23 heavy (non-hydrogen) atoms. The van der Waals surface area contributed by atoms with Crippen molar-refractivity contribution in [3.05, 3.63) is 70.3 Å². The Kier molecular flexibility index (Phi) is 4.14. The van der Waals surface area contributed by atoms with Gasteiger partial charge in [-0.3, -0.25) is 10.1 Å². The zero-order chi connectivity index (χ0) is 16.4. The van der Waals surface area contributed by atoms with Crippen LogP contribution in [0.1, 0.15) is 17.9 Å². The third-order valence-electron chi connectivity index (χ3n) is 4.11. The van der Waals surface area contributed by atoms with Crippen LogP contribution in [0.5, 0.6) is 0 Å². The van der Waals surface area contributed by atoms with Crippen LogP contribution < -0.4 is 0 Å². The van der Waals surface area contributed by atoms with Crippen LogP contribution in [0.3, 0.4) is 0 Å². The summed E-state index contributed by atoms with van der Waals surface area (Å²) < 4.78 is 26.7. The van der Waals surface area contributed by atoms with E-state index in [0.29, 0.717) is 13.1 Å². The summed E-state index contributed by atoms with van der Waals surface area (Å²) in [6, 6.07) is 14.9. The Labute approximate surface area is 134 Å². The number of benzene rings is 2. The fourth-order valence-electron chi connectivity index (χ4n) is 2.83. The van der Waals surface area contributed by atoms with Crippen LogP contribution >= 0.6 is 0 Å². The fraction of sp³-hybridized carbons (Fsp3) is 0.250. The number of nitro groups is 1. The first-order chi connectivity index (χ1) is 11.0. The van der Waals surface area contributed by atoms with E-state index in [1.165, 1.54) is 28.6 Å². The van der Waals surface area contributed by atoms with Crippen molar-refractivity contribution < 1.29 is 13.3 Å². The molecule has 0 amide bonds. The lowest BCUT2D eigenvalue weighted by Crippen LogP contribution is -2.28. The highest BCUT2D eigenvalue weighted by atomic mass is 32.2. The second-order valence-electron chi connectivity index (χ2n) is 5.51. The van der Waals surface area contributed by atoms with Gasteiger partial charge in [0.05, 0.1) is 9.82 Å². The molecule has 0 aliphatic carbocycles. The van der Waals surface area contributed by atoms with E-state index in [9.17, 15) is 18.5 Å². The maximum atomic E-state index is 12.6. The Hall–Kier alpha value is -2.25. The predicted octanol–water partition coefficient (Wildman–Crippen LogP) is 2.77. The third-order valence-corrected chi connectivity index (χ3v) is 5.99. The maximum Gasteiger partial charge on any atom is 0.269 e. The van der Waals surface area contributed by atoms with Gasteiger partial charge in [0.2, 0.25) is 10.0 Å². The molecule has 0 aromatic heterocycles. The first kappa shape index (κ1) is 15.6. The molecule has 1 atom stereocenters. The second kappa shape index (κ2) is 6.10. The normalized spacial score (nSPS) is 18.9. The summed E-state index contributed by atoms with van der Waals surface area (Å²) in [7, 11) is -3.61. The summed E-state index contributed by atoms with van der Waals surface area (Å²) in [5.74, 6) is 0.184. The molecule has 1 heterocycles. The zero-order valence-corrected chi connectivity index (χ0v) is 13.1. The molecular formula is C16H16N2O4S. The van der Waals surface area contributed by atoms with Crippen molar-refractivity contribution in [2.75, 3.05) is 13.1 Å². The fourth-order valence-corrected chi connectivity index (χ4v) is 4.33. The van der Waals surface area contributed by atoms with E-state index < -0.39 is 14.9 Å². The van der Waals surface area contributed by atoms with Gasteiger partial charge in [0.15, 0.2) is 0 Å². The highest BCUT2D eigenvalue weighted by Crippen LogP contribution is 2.31. The van der Waals surface area contributed by atoms with Gasteiger partial charge in [-0.2, -0.15) is 4.31 Å². The molecule has 6 nitrogen and oxygen atoms in total. The number of sulfonamides is 1. The van der Waals surface area contributed by atoms with E-state index in [4.69, 9.17) is 0 Å². The lowest BCUT2D eigenvalue weighted by atomic mass is 9.99. The van der Waals surface area contributed by atoms with Gasteiger partial charge in [0.25, 0.3) is 5.69 Å². The average molecular weight is 332 g/mol. The van der Waals surface area contributed by atoms with Gasteiger partial charge in [-0.25, -0.2) is 8.42 Å². The Morgan fingerprint density at radius 2 is 1.70 bits per heavy atom. The largest absolute Gasteiger partial charge is 0.269 e. The quantitative estimate of drug-likeness (QED) is 0.637. The summed E-state index contributed by atoms with van der Waals surface area (Å²) in [6.07, 6.45) is 0.774. The van der Waals surface area contributed by atoms with Crippen LogP contribution in [-0.2, 0) is 10.0 Å². The van der Waals surface area contributed by atoms with E-state index in [-0.39, 0.29) is 16.5 Å². The molecule has 0 spiro atoms. The molecule has 3 rings (SSSR count). The van der Waals surface area contributed by atoms with Gasteiger partial charge in [0.1, 0.15) is 0 Å². The standard InChI is InChI=1S/C16H16N2O4S/c19-18(20)15-6-8-16(9-7-15)23(21,22)17-11-10-14(12-17)13-4-2-1-3-5-13/h1-9,14H,10-12H2. The Morgan fingerprint density at radius 3 is 2.30 bits per heavy atom. The van der Waals surface area contributed by atoms with Crippen molar-refractivity contribution in [2.24, 2.45) is 0 Å². The summed E-state index contributed by atoms with van der Waals surface area (Å²) in [5, 5.41) is 10.7. The predicted molar refractivity (Wildman–Crippen MR) is 85.7 cm³/mol. The molecule has 0 N–H and O–H groups in total. The van der Waals surface area contributed by atoms with Crippen LogP contribution in [0.15, 0.2) is 59.5 Å². The second-order valence-corrected chi connectivity index (χ2v) is 7.45. The van der Waals surface area contributed by atoms with Crippen LogP contribution in [0.4, 0.5) is 5.69 Å². The van der Waals surface area contributed by atoms with Crippen LogP contribution in [0.2, 0.25) is 0 Å². The summed E-state index contributed by atoms with van der Waals surface area (Å²) in [6.45, 7) is 0.891. The van der Waals surface area contributed by atoms with Gasteiger partial charge < -0.3 is 0 Å². The molecule has 1 aliphatic rings. The minimum absolute atomic E-state index is 0.0943. The molecule has 2 aromatic carbocycles. The number of non-ortho nitro benzene ring substituents is 1. The molecule has 120 valence electrons. The lowest BCUT2D eigenvalue weighted by molar-refractivity contribution is -0.384. The van der Waals surface area contributed by atoms with Crippen molar-refractivity contribution >= 4 is 15.7 Å². The van der Waals surface area contributed by atoms with Crippen LogP contribution in [0.25, 0.3) is 0 Å². The van der Waals surface area contributed by atoms with Crippen molar-refractivity contribution in [2.45, 2.75) is 17.2 Å². The molecule has 1 unspecified atom stereocenters. The minimum Gasteiger partial charge on any atom is -0.258 e. The third kappa shape index (κ3) is 3.11. The number of nitro benzene ring substituents is 1. The molecule has 1 aliphatic heterocycles.